The Balaban J connectivity index is 1.58. The van der Waals surface area contributed by atoms with E-state index in [0.717, 1.165) is 21.2 Å². The zero-order valence-electron chi connectivity index (χ0n) is 20.4. The highest BCUT2D eigenvalue weighted by atomic mass is 31.2. The molecule has 0 atom stereocenters. The van der Waals surface area contributed by atoms with Crippen LogP contribution in [0.25, 0.3) is 0 Å². The maximum Gasteiger partial charge on any atom is 0.147 e. The van der Waals surface area contributed by atoms with Crippen LogP contribution in [0, 0.1) is 0 Å². The molecule has 0 bridgehead atoms. The van der Waals surface area contributed by atoms with Crippen molar-refractivity contribution in [2.24, 2.45) is 0 Å². The number of para-hydroxylation sites is 1. The van der Waals surface area contributed by atoms with Crippen LogP contribution in [-0.2, 0) is 21.5 Å². The van der Waals surface area contributed by atoms with Gasteiger partial charge in [-0.2, -0.15) is 0 Å². The summed E-state index contributed by atoms with van der Waals surface area (Å²) >= 11 is 0. The van der Waals surface area contributed by atoms with Gasteiger partial charge in [0.25, 0.3) is 0 Å². The lowest BCUT2D eigenvalue weighted by atomic mass is 10.1. The molecule has 0 aliphatic heterocycles. The van der Waals surface area contributed by atoms with E-state index in [-0.39, 0.29) is 18.1 Å². The third-order valence-electron chi connectivity index (χ3n) is 6.68. The fourth-order valence-corrected chi connectivity index (χ4v) is 10.1. The molecule has 5 rings (SSSR count). The molecule has 5 aromatic carbocycles. The topological polar surface area (TPSA) is 54.4 Å². The molecule has 0 saturated heterocycles. The van der Waals surface area contributed by atoms with Gasteiger partial charge in [0.05, 0.1) is 0 Å². The summed E-state index contributed by atoms with van der Waals surface area (Å²) in [5.74, 6) is 0.0571. The quantitative estimate of drug-likeness (QED) is 0.239. The summed E-state index contributed by atoms with van der Waals surface area (Å²) in [5.41, 5.74) is 1.17. The van der Waals surface area contributed by atoms with Gasteiger partial charge < -0.3 is 14.2 Å². The van der Waals surface area contributed by atoms with E-state index in [1.807, 2.05) is 140 Å². The van der Waals surface area contributed by atoms with Crippen LogP contribution < -0.4 is 21.2 Å². The summed E-state index contributed by atoms with van der Waals surface area (Å²) in [5, 5.41) is 14.4. The zero-order valence-corrected chi connectivity index (χ0v) is 22.1. The summed E-state index contributed by atoms with van der Waals surface area (Å²) in [4.78, 5) is 0. The van der Waals surface area contributed by atoms with Crippen molar-refractivity contribution in [3.63, 3.8) is 0 Å². The molecule has 0 aliphatic carbocycles. The highest BCUT2D eigenvalue weighted by molar-refractivity contribution is 7.78. The molecular formula is C32H28O3P2. The molecule has 5 aromatic rings. The van der Waals surface area contributed by atoms with Gasteiger partial charge in [-0.1, -0.05) is 140 Å². The molecule has 0 amide bonds. The smallest absolute Gasteiger partial charge is 0.147 e. The normalized spacial score (nSPS) is 11.8. The average molecular weight is 523 g/mol. The number of aromatic hydroxyl groups is 1. The first-order chi connectivity index (χ1) is 18.0. The van der Waals surface area contributed by atoms with E-state index in [4.69, 9.17) is 0 Å². The Kier molecular flexibility index (Phi) is 7.28. The van der Waals surface area contributed by atoms with Crippen molar-refractivity contribution in [1.29, 1.82) is 0 Å². The van der Waals surface area contributed by atoms with E-state index < -0.39 is 14.3 Å². The maximum atomic E-state index is 14.6. The highest BCUT2D eigenvalue weighted by Gasteiger charge is 2.31. The van der Waals surface area contributed by atoms with E-state index in [9.17, 15) is 14.2 Å². The molecule has 0 unspecified atom stereocenters. The van der Waals surface area contributed by atoms with Crippen molar-refractivity contribution >= 4 is 35.5 Å². The third-order valence-corrected chi connectivity index (χ3v) is 12.8. The molecule has 37 heavy (non-hydrogen) atoms. The van der Waals surface area contributed by atoms with Crippen molar-refractivity contribution in [1.82, 2.24) is 0 Å². The molecule has 0 saturated carbocycles. The number of rotatable bonds is 8. The van der Waals surface area contributed by atoms with Crippen molar-refractivity contribution in [2.75, 3.05) is 0 Å². The first-order valence-electron chi connectivity index (χ1n) is 12.2. The molecule has 0 heterocycles. The minimum atomic E-state index is -3.09. The average Bonchev–Trinajstić information content (AvgIpc) is 2.97. The zero-order chi connectivity index (χ0) is 25.7. The van der Waals surface area contributed by atoms with Gasteiger partial charge in [0.1, 0.15) is 20.0 Å². The van der Waals surface area contributed by atoms with Gasteiger partial charge in [-0.15, -0.1) is 0 Å². The lowest BCUT2D eigenvalue weighted by molar-refractivity contribution is 0.464. The van der Waals surface area contributed by atoms with Gasteiger partial charge in [-0.05, 0) is 0 Å². The lowest BCUT2D eigenvalue weighted by Gasteiger charge is -2.23. The number of phenols is 1. The number of phenolic OH excluding ortho intramolecular Hbond substituents is 1. The molecule has 0 radical (unpaired) electrons. The molecule has 0 aliphatic rings. The molecule has 3 nitrogen and oxygen atoms in total. The Morgan fingerprint density at radius 3 is 0.946 bits per heavy atom. The Labute approximate surface area is 218 Å². The molecule has 0 fully saturated rings. The molecule has 184 valence electrons. The predicted molar refractivity (Wildman–Crippen MR) is 155 cm³/mol. The number of hydrogen-bond donors (Lipinski definition) is 1. The largest absolute Gasteiger partial charge is 0.507 e. The van der Waals surface area contributed by atoms with Crippen molar-refractivity contribution < 1.29 is 14.2 Å². The Bertz CT molecular complexity index is 1360. The summed E-state index contributed by atoms with van der Waals surface area (Å²) in [7, 11) is -6.18. The van der Waals surface area contributed by atoms with Crippen LogP contribution in [0.1, 0.15) is 11.1 Å². The molecule has 5 heteroatoms. The van der Waals surface area contributed by atoms with E-state index in [2.05, 4.69) is 0 Å². The Hall–Kier alpha value is -3.64. The fourth-order valence-electron chi connectivity index (χ4n) is 4.72. The first-order valence-corrected chi connectivity index (χ1v) is 16.0. The van der Waals surface area contributed by atoms with Gasteiger partial charge >= 0.3 is 0 Å². The molecular weight excluding hydrogens is 494 g/mol. The van der Waals surface area contributed by atoms with Gasteiger partial charge in [0, 0.05) is 44.7 Å². The van der Waals surface area contributed by atoms with Gasteiger partial charge in [-0.25, -0.2) is 0 Å². The van der Waals surface area contributed by atoms with Crippen LogP contribution in [0.5, 0.6) is 5.75 Å². The number of benzene rings is 5. The minimum absolute atomic E-state index is 0.0571. The van der Waals surface area contributed by atoms with Crippen LogP contribution in [-0.4, -0.2) is 5.11 Å². The van der Waals surface area contributed by atoms with E-state index in [0.29, 0.717) is 11.1 Å². The number of hydrogen-bond acceptors (Lipinski definition) is 3. The molecule has 0 spiro atoms. The van der Waals surface area contributed by atoms with Crippen LogP contribution in [0.3, 0.4) is 0 Å². The lowest BCUT2D eigenvalue weighted by Crippen LogP contribution is -2.18. The van der Waals surface area contributed by atoms with Gasteiger partial charge in [0.2, 0.25) is 0 Å². The second-order valence-corrected chi connectivity index (χ2v) is 14.7. The van der Waals surface area contributed by atoms with E-state index >= 15 is 0 Å². The van der Waals surface area contributed by atoms with Crippen molar-refractivity contribution in [3.05, 3.63) is 151 Å². The summed E-state index contributed by atoms with van der Waals surface area (Å²) in [6, 6.07) is 43.2. The third kappa shape index (κ3) is 5.12. The van der Waals surface area contributed by atoms with Gasteiger partial charge in [0.15, 0.2) is 0 Å². The standard InChI is InChI=1S/C32H28O3P2/c33-32-26(24-36(34,28-16-5-1-6-17-28)29-18-7-2-8-19-29)14-13-15-27(32)25-37(35,30-20-9-3-10-21-30)31-22-11-4-12-23-31/h1-23,33H,24-25H2. The maximum absolute atomic E-state index is 14.6. The second-order valence-electron chi connectivity index (χ2n) is 9.06. The highest BCUT2D eigenvalue weighted by Crippen LogP contribution is 2.51. The van der Waals surface area contributed by atoms with E-state index in [1.165, 1.54) is 0 Å². The first kappa shape index (κ1) is 25.0. The summed E-state index contributed by atoms with van der Waals surface area (Å²) in [6.45, 7) is 0. The molecule has 0 aromatic heterocycles. The minimum Gasteiger partial charge on any atom is -0.507 e. The van der Waals surface area contributed by atoms with Crippen LogP contribution >= 0.6 is 14.3 Å². The summed E-state index contributed by atoms with van der Waals surface area (Å²) in [6.07, 6.45) is 0.337. The van der Waals surface area contributed by atoms with Crippen molar-refractivity contribution in [3.8, 4) is 5.75 Å². The molecule has 1 N–H and O–H groups in total. The predicted octanol–water partition coefficient (Wildman–Crippen LogP) is 6.42. The fraction of sp³-hybridized carbons (Fsp3) is 0.0625. The Morgan fingerprint density at radius 2 is 0.676 bits per heavy atom. The Morgan fingerprint density at radius 1 is 0.405 bits per heavy atom. The van der Waals surface area contributed by atoms with Crippen LogP contribution in [0.4, 0.5) is 0 Å². The van der Waals surface area contributed by atoms with E-state index in [1.54, 1.807) is 0 Å². The van der Waals surface area contributed by atoms with Crippen LogP contribution in [0.2, 0.25) is 0 Å². The SMILES string of the molecule is O=P(Cc1cccc(CP(=O)(c2ccccc2)c2ccccc2)c1O)(c1ccccc1)c1ccccc1. The van der Waals surface area contributed by atoms with Gasteiger partial charge in [-0.3, -0.25) is 0 Å². The second kappa shape index (κ2) is 10.8. The monoisotopic (exact) mass is 522 g/mol. The summed E-state index contributed by atoms with van der Waals surface area (Å²) < 4.78 is 29.2. The van der Waals surface area contributed by atoms with Crippen molar-refractivity contribution in [2.45, 2.75) is 12.3 Å². The van der Waals surface area contributed by atoms with Crippen LogP contribution in [0.15, 0.2) is 140 Å².